The number of hydrogen-bond donors (Lipinski definition) is 0. The van der Waals surface area contributed by atoms with Gasteiger partial charge in [0.05, 0.1) is 10.6 Å². The van der Waals surface area contributed by atoms with Gasteiger partial charge in [0.15, 0.2) is 5.17 Å². The SMILES string of the molecule is CCc1nnc(/N=C2/S/C(=C/c3ccc(Br)cc3)C(=O)N2c2ccccc2)s1. The van der Waals surface area contributed by atoms with E-state index in [1.54, 1.807) is 4.90 Å². The van der Waals surface area contributed by atoms with Crippen LogP contribution in [0.2, 0.25) is 0 Å². The Morgan fingerprint density at radius 2 is 1.86 bits per heavy atom. The number of thioether (sulfide) groups is 1. The first kappa shape index (κ1) is 19.0. The van der Waals surface area contributed by atoms with Gasteiger partial charge in [-0.2, -0.15) is 4.99 Å². The van der Waals surface area contributed by atoms with Crippen LogP contribution < -0.4 is 4.90 Å². The van der Waals surface area contributed by atoms with Crippen molar-refractivity contribution in [2.75, 3.05) is 4.90 Å². The van der Waals surface area contributed by atoms with Crippen molar-refractivity contribution in [3.63, 3.8) is 0 Å². The van der Waals surface area contributed by atoms with E-state index in [1.165, 1.54) is 23.1 Å². The molecule has 0 unspecified atom stereocenters. The van der Waals surface area contributed by atoms with Crippen molar-refractivity contribution in [3.05, 3.63) is 74.5 Å². The van der Waals surface area contributed by atoms with Gasteiger partial charge in [-0.25, -0.2) is 0 Å². The van der Waals surface area contributed by atoms with E-state index in [1.807, 2.05) is 67.6 Å². The Hall–Kier alpha value is -2.29. The summed E-state index contributed by atoms with van der Waals surface area (Å²) in [7, 11) is 0. The number of para-hydroxylation sites is 1. The largest absolute Gasteiger partial charge is 0.271 e. The number of hydrogen-bond acceptors (Lipinski definition) is 6. The number of carbonyl (C=O) groups excluding carboxylic acids is 1. The van der Waals surface area contributed by atoms with E-state index >= 15 is 0 Å². The van der Waals surface area contributed by atoms with E-state index in [-0.39, 0.29) is 5.91 Å². The highest BCUT2D eigenvalue weighted by molar-refractivity contribution is 9.10. The number of carbonyl (C=O) groups is 1. The zero-order valence-electron chi connectivity index (χ0n) is 14.9. The second kappa shape index (κ2) is 8.38. The number of aliphatic imine (C=N–C) groups is 1. The quantitative estimate of drug-likeness (QED) is 0.460. The van der Waals surface area contributed by atoms with Crippen LogP contribution in [0.25, 0.3) is 6.08 Å². The molecule has 8 heteroatoms. The summed E-state index contributed by atoms with van der Waals surface area (Å²) in [6, 6.07) is 17.4. The lowest BCUT2D eigenvalue weighted by Gasteiger charge is -2.14. The molecule has 1 fully saturated rings. The van der Waals surface area contributed by atoms with Crippen molar-refractivity contribution in [1.82, 2.24) is 10.2 Å². The van der Waals surface area contributed by atoms with Crippen LogP contribution in [0.1, 0.15) is 17.5 Å². The molecule has 28 heavy (non-hydrogen) atoms. The average Bonchev–Trinajstić information content (AvgIpc) is 3.29. The van der Waals surface area contributed by atoms with Crippen LogP contribution in [0.5, 0.6) is 0 Å². The maximum Gasteiger partial charge on any atom is 0.271 e. The predicted molar refractivity (Wildman–Crippen MR) is 120 cm³/mol. The van der Waals surface area contributed by atoms with Gasteiger partial charge in [0.25, 0.3) is 5.91 Å². The summed E-state index contributed by atoms with van der Waals surface area (Å²) >= 11 is 6.22. The van der Waals surface area contributed by atoms with Crippen molar-refractivity contribution >= 4 is 67.0 Å². The minimum Gasteiger partial charge on any atom is -0.268 e. The molecule has 0 bridgehead atoms. The van der Waals surface area contributed by atoms with E-state index in [0.717, 1.165) is 27.2 Å². The van der Waals surface area contributed by atoms with Crippen molar-refractivity contribution in [3.8, 4) is 0 Å². The van der Waals surface area contributed by atoms with Gasteiger partial charge in [-0.3, -0.25) is 9.69 Å². The molecule has 3 aromatic rings. The Balaban J connectivity index is 1.74. The van der Waals surface area contributed by atoms with Gasteiger partial charge in [-0.1, -0.05) is 64.5 Å². The van der Waals surface area contributed by atoms with Crippen molar-refractivity contribution < 1.29 is 4.79 Å². The second-order valence-corrected chi connectivity index (χ2v) is 8.83. The van der Waals surface area contributed by atoms with E-state index in [0.29, 0.717) is 15.2 Å². The molecule has 0 spiro atoms. The maximum atomic E-state index is 13.2. The summed E-state index contributed by atoms with van der Waals surface area (Å²) in [6.45, 7) is 2.03. The second-order valence-electron chi connectivity index (χ2n) is 5.86. The smallest absolute Gasteiger partial charge is 0.268 e. The van der Waals surface area contributed by atoms with Crippen molar-refractivity contribution in [1.29, 1.82) is 0 Å². The Labute approximate surface area is 179 Å². The molecule has 2 heterocycles. The van der Waals surface area contributed by atoms with Gasteiger partial charge >= 0.3 is 0 Å². The fourth-order valence-corrected chi connectivity index (χ4v) is 4.53. The van der Waals surface area contributed by atoms with Crippen LogP contribution in [-0.2, 0) is 11.2 Å². The lowest BCUT2D eigenvalue weighted by Crippen LogP contribution is -2.28. The zero-order valence-corrected chi connectivity index (χ0v) is 18.1. The molecule has 0 radical (unpaired) electrons. The number of benzene rings is 2. The topological polar surface area (TPSA) is 58.5 Å². The van der Waals surface area contributed by atoms with Gasteiger partial charge in [-0.05, 0) is 54.1 Å². The van der Waals surface area contributed by atoms with Gasteiger partial charge < -0.3 is 0 Å². The molecule has 4 rings (SSSR count). The summed E-state index contributed by atoms with van der Waals surface area (Å²) < 4.78 is 0.996. The lowest BCUT2D eigenvalue weighted by atomic mass is 10.2. The standard InChI is InChI=1S/C20H15BrN4OS2/c1-2-17-23-24-19(28-17)22-20-25(15-6-4-3-5-7-15)18(26)16(27-20)12-13-8-10-14(21)11-9-13/h3-12H,2H2,1H3/b16-12+,22-20+. The third-order valence-corrected chi connectivity index (χ3v) is 6.40. The van der Waals surface area contributed by atoms with Gasteiger partial charge in [0.2, 0.25) is 5.13 Å². The monoisotopic (exact) mass is 470 g/mol. The predicted octanol–water partition coefficient (Wildman–Crippen LogP) is 5.67. The van der Waals surface area contributed by atoms with Crippen LogP contribution in [0.4, 0.5) is 10.8 Å². The number of halogens is 1. The average molecular weight is 471 g/mol. The number of amidine groups is 1. The van der Waals surface area contributed by atoms with Gasteiger partial charge in [0.1, 0.15) is 5.01 Å². The number of nitrogens with zero attached hydrogens (tertiary/aromatic N) is 4. The molecular formula is C20H15BrN4OS2. The zero-order chi connectivity index (χ0) is 19.5. The fraction of sp³-hybridized carbons (Fsp3) is 0.100. The number of aryl methyl sites for hydroxylation is 1. The molecule has 0 N–H and O–H groups in total. The van der Waals surface area contributed by atoms with Crippen molar-refractivity contribution in [2.24, 2.45) is 4.99 Å². The van der Waals surface area contributed by atoms with Crippen molar-refractivity contribution in [2.45, 2.75) is 13.3 Å². The van der Waals surface area contributed by atoms with E-state index in [2.05, 4.69) is 31.1 Å². The molecule has 1 aliphatic heterocycles. The number of amides is 1. The highest BCUT2D eigenvalue weighted by Crippen LogP contribution is 2.37. The molecule has 1 aliphatic rings. The maximum absolute atomic E-state index is 13.2. The Kier molecular flexibility index (Phi) is 5.70. The molecular weight excluding hydrogens is 456 g/mol. The summed E-state index contributed by atoms with van der Waals surface area (Å²) in [6.07, 6.45) is 2.70. The molecule has 1 amide bonds. The number of anilines is 1. The summed E-state index contributed by atoms with van der Waals surface area (Å²) in [5.74, 6) is -0.0990. The number of aromatic nitrogens is 2. The van der Waals surface area contributed by atoms with Crippen LogP contribution in [0, 0.1) is 0 Å². The van der Waals surface area contributed by atoms with Crippen LogP contribution in [-0.4, -0.2) is 21.3 Å². The van der Waals surface area contributed by atoms with Crippen LogP contribution in [0.15, 0.2) is 69.0 Å². The summed E-state index contributed by atoms with van der Waals surface area (Å²) in [5, 5.41) is 10.3. The Bertz CT molecular complexity index is 1060. The highest BCUT2D eigenvalue weighted by Gasteiger charge is 2.35. The molecule has 0 aliphatic carbocycles. The Morgan fingerprint density at radius 3 is 2.54 bits per heavy atom. The number of rotatable bonds is 4. The summed E-state index contributed by atoms with van der Waals surface area (Å²) in [5.41, 5.74) is 1.73. The molecule has 0 saturated carbocycles. The van der Waals surface area contributed by atoms with Crippen LogP contribution in [0.3, 0.4) is 0 Å². The molecule has 1 aromatic heterocycles. The fourth-order valence-electron chi connectivity index (χ4n) is 2.58. The molecule has 2 aromatic carbocycles. The third-order valence-electron chi connectivity index (χ3n) is 3.94. The van der Waals surface area contributed by atoms with Gasteiger partial charge in [0, 0.05) is 4.47 Å². The molecule has 140 valence electrons. The lowest BCUT2D eigenvalue weighted by molar-refractivity contribution is -0.113. The molecule has 5 nitrogen and oxygen atoms in total. The van der Waals surface area contributed by atoms with E-state index in [9.17, 15) is 4.79 Å². The third kappa shape index (κ3) is 4.09. The normalized spacial score (nSPS) is 17.1. The van der Waals surface area contributed by atoms with Crippen LogP contribution >= 0.6 is 39.0 Å². The van der Waals surface area contributed by atoms with E-state index in [4.69, 9.17) is 0 Å². The molecule has 0 atom stereocenters. The minimum absolute atomic E-state index is 0.0990. The first-order chi connectivity index (χ1) is 13.6. The minimum atomic E-state index is -0.0990. The molecule has 1 saturated heterocycles. The first-order valence-electron chi connectivity index (χ1n) is 8.59. The van der Waals surface area contributed by atoms with Gasteiger partial charge in [-0.15, -0.1) is 10.2 Å². The van der Waals surface area contributed by atoms with E-state index < -0.39 is 0 Å². The highest BCUT2D eigenvalue weighted by atomic mass is 79.9. The first-order valence-corrected chi connectivity index (χ1v) is 11.0. The summed E-state index contributed by atoms with van der Waals surface area (Å²) in [4.78, 5) is 20.0. The Morgan fingerprint density at radius 1 is 1.11 bits per heavy atom.